The van der Waals surface area contributed by atoms with Crippen LogP contribution < -0.4 is 10.5 Å². The zero-order valence-corrected chi connectivity index (χ0v) is 12.8. The number of fused-ring (bicyclic) bond motifs is 1. The van der Waals surface area contributed by atoms with E-state index in [2.05, 4.69) is 12.1 Å². The summed E-state index contributed by atoms with van der Waals surface area (Å²) in [5.41, 5.74) is 8.83. The predicted octanol–water partition coefficient (Wildman–Crippen LogP) is 4.27. The van der Waals surface area contributed by atoms with Crippen molar-refractivity contribution in [2.75, 3.05) is 18.9 Å². The van der Waals surface area contributed by atoms with E-state index in [1.807, 2.05) is 12.1 Å². The summed E-state index contributed by atoms with van der Waals surface area (Å²) in [6.07, 6.45) is 0.838. The van der Waals surface area contributed by atoms with Crippen LogP contribution in [0.25, 0.3) is 0 Å². The van der Waals surface area contributed by atoms with Gasteiger partial charge >= 0.3 is 0 Å². The van der Waals surface area contributed by atoms with Crippen molar-refractivity contribution in [1.82, 2.24) is 0 Å². The molecule has 0 fully saturated rings. The van der Waals surface area contributed by atoms with Crippen molar-refractivity contribution in [3.63, 3.8) is 0 Å². The Kier molecular flexibility index (Phi) is 4.24. The second-order valence-corrected chi connectivity index (χ2v) is 5.74. The molecule has 0 radical (unpaired) electrons. The number of benzene rings is 2. The van der Waals surface area contributed by atoms with Gasteiger partial charge in [-0.15, -0.1) is 0 Å². The maximum absolute atomic E-state index is 5.99. The normalized spacial score (nSPS) is 17.3. The van der Waals surface area contributed by atoms with Gasteiger partial charge in [0.15, 0.2) is 0 Å². The third-order valence-electron chi connectivity index (χ3n) is 3.54. The van der Waals surface area contributed by atoms with Crippen molar-refractivity contribution >= 4 is 28.9 Å². The molecule has 0 saturated carbocycles. The van der Waals surface area contributed by atoms with Crippen LogP contribution in [0, 0.1) is 0 Å². The van der Waals surface area contributed by atoms with Gasteiger partial charge in [-0.2, -0.15) is 0 Å². The van der Waals surface area contributed by atoms with Crippen LogP contribution in [-0.2, 0) is 11.2 Å². The van der Waals surface area contributed by atoms with Crippen LogP contribution >= 0.6 is 23.2 Å². The molecule has 0 bridgehead atoms. The molecule has 3 nitrogen and oxygen atoms in total. The van der Waals surface area contributed by atoms with Crippen LogP contribution in [0.1, 0.15) is 17.2 Å². The van der Waals surface area contributed by atoms with Crippen molar-refractivity contribution in [1.29, 1.82) is 0 Å². The van der Waals surface area contributed by atoms with Crippen molar-refractivity contribution in [2.45, 2.75) is 12.5 Å². The molecule has 0 spiro atoms. The van der Waals surface area contributed by atoms with E-state index in [9.17, 15) is 0 Å². The van der Waals surface area contributed by atoms with Crippen molar-refractivity contribution < 1.29 is 9.47 Å². The Morgan fingerprint density at radius 3 is 2.81 bits per heavy atom. The van der Waals surface area contributed by atoms with E-state index >= 15 is 0 Å². The molecule has 2 N–H and O–H groups in total. The number of rotatable bonds is 3. The Balaban J connectivity index is 1.76. The predicted molar refractivity (Wildman–Crippen MR) is 85.2 cm³/mol. The van der Waals surface area contributed by atoms with Gasteiger partial charge in [0, 0.05) is 6.07 Å². The monoisotopic (exact) mass is 323 g/mol. The zero-order chi connectivity index (χ0) is 14.8. The molecule has 1 unspecified atom stereocenters. The van der Waals surface area contributed by atoms with Gasteiger partial charge in [-0.3, -0.25) is 0 Å². The second-order valence-electron chi connectivity index (χ2n) is 4.92. The maximum atomic E-state index is 5.99. The summed E-state index contributed by atoms with van der Waals surface area (Å²) >= 11 is 11.9. The lowest BCUT2D eigenvalue weighted by Gasteiger charge is -2.26. The second kappa shape index (κ2) is 6.14. The molecule has 21 heavy (non-hydrogen) atoms. The van der Waals surface area contributed by atoms with Gasteiger partial charge in [0.1, 0.15) is 18.5 Å². The molecule has 0 aromatic heterocycles. The third kappa shape index (κ3) is 3.10. The number of halogens is 2. The number of hydrogen-bond acceptors (Lipinski definition) is 3. The Morgan fingerprint density at radius 1 is 1.19 bits per heavy atom. The van der Waals surface area contributed by atoms with Crippen LogP contribution in [0.5, 0.6) is 5.75 Å². The Hall–Kier alpha value is -1.42. The van der Waals surface area contributed by atoms with Crippen LogP contribution in [0.15, 0.2) is 36.4 Å². The summed E-state index contributed by atoms with van der Waals surface area (Å²) in [5, 5.41) is 0.839. The van der Waals surface area contributed by atoms with E-state index in [4.69, 9.17) is 38.4 Å². The minimum absolute atomic E-state index is 0.0937. The highest BCUT2D eigenvalue weighted by atomic mass is 35.5. The lowest BCUT2D eigenvalue weighted by atomic mass is 9.98. The minimum atomic E-state index is -0.0937. The van der Waals surface area contributed by atoms with Gasteiger partial charge in [0.2, 0.25) is 0 Å². The van der Waals surface area contributed by atoms with Crippen molar-refractivity contribution in [3.8, 4) is 5.75 Å². The highest BCUT2D eigenvalue weighted by Gasteiger charge is 2.21. The van der Waals surface area contributed by atoms with Crippen LogP contribution in [-0.4, -0.2) is 13.2 Å². The molecule has 110 valence electrons. The van der Waals surface area contributed by atoms with Gasteiger partial charge in [0.25, 0.3) is 0 Å². The molecular weight excluding hydrogens is 309 g/mol. The molecule has 5 heteroatoms. The lowest BCUT2D eigenvalue weighted by Crippen LogP contribution is -2.21. The van der Waals surface area contributed by atoms with Gasteiger partial charge in [-0.1, -0.05) is 47.5 Å². The summed E-state index contributed by atoms with van der Waals surface area (Å²) < 4.78 is 11.6. The molecule has 1 aliphatic rings. The number of nitrogen functional groups attached to an aromatic ring is 1. The SMILES string of the molecule is Nc1cc(Cl)c(Cl)cc1OCC1OCCc2ccccc21. The fourth-order valence-corrected chi connectivity index (χ4v) is 2.77. The van der Waals surface area contributed by atoms with Crippen LogP contribution in [0.4, 0.5) is 5.69 Å². The Morgan fingerprint density at radius 2 is 1.95 bits per heavy atom. The quantitative estimate of drug-likeness (QED) is 0.858. The molecule has 1 aliphatic heterocycles. The van der Waals surface area contributed by atoms with E-state index in [0.717, 1.165) is 6.42 Å². The fraction of sp³-hybridized carbons (Fsp3) is 0.250. The highest BCUT2D eigenvalue weighted by molar-refractivity contribution is 6.42. The third-order valence-corrected chi connectivity index (χ3v) is 4.26. The number of anilines is 1. The van der Waals surface area contributed by atoms with Crippen LogP contribution in [0.3, 0.4) is 0 Å². The standard InChI is InChI=1S/C16H15Cl2NO2/c17-12-7-14(19)15(8-13(12)18)21-9-16-11-4-2-1-3-10(11)5-6-20-16/h1-4,7-8,16H,5-6,9,19H2. The van der Waals surface area contributed by atoms with Crippen molar-refractivity contribution in [2.24, 2.45) is 0 Å². The average molecular weight is 324 g/mol. The summed E-state index contributed by atoms with van der Waals surface area (Å²) in [6, 6.07) is 11.5. The summed E-state index contributed by atoms with van der Waals surface area (Å²) in [4.78, 5) is 0. The maximum Gasteiger partial charge on any atom is 0.143 e. The first-order chi connectivity index (χ1) is 10.1. The molecule has 0 aliphatic carbocycles. The molecule has 2 aromatic carbocycles. The molecule has 0 saturated heterocycles. The molecule has 1 heterocycles. The molecule has 1 atom stereocenters. The number of ether oxygens (including phenoxy) is 2. The van der Waals surface area contributed by atoms with E-state index in [-0.39, 0.29) is 6.10 Å². The largest absolute Gasteiger partial charge is 0.488 e. The molecular formula is C16H15Cl2NO2. The average Bonchev–Trinajstić information content (AvgIpc) is 2.49. The summed E-state index contributed by atoms with van der Waals surface area (Å²) in [6.45, 7) is 1.08. The van der Waals surface area contributed by atoms with E-state index in [0.29, 0.717) is 34.7 Å². The van der Waals surface area contributed by atoms with E-state index < -0.39 is 0 Å². The first-order valence-corrected chi connectivity index (χ1v) is 7.47. The fourth-order valence-electron chi connectivity index (χ4n) is 2.45. The lowest BCUT2D eigenvalue weighted by molar-refractivity contribution is 0.0104. The van der Waals surface area contributed by atoms with Gasteiger partial charge in [-0.05, 0) is 23.6 Å². The first-order valence-electron chi connectivity index (χ1n) is 6.72. The number of hydrogen-bond donors (Lipinski definition) is 1. The van der Waals surface area contributed by atoms with Gasteiger partial charge < -0.3 is 15.2 Å². The van der Waals surface area contributed by atoms with E-state index in [1.165, 1.54) is 11.1 Å². The Labute approximate surface area is 133 Å². The van der Waals surface area contributed by atoms with Gasteiger partial charge in [0.05, 0.1) is 22.3 Å². The molecule has 2 aromatic rings. The smallest absolute Gasteiger partial charge is 0.143 e. The highest BCUT2D eigenvalue weighted by Crippen LogP contribution is 2.34. The van der Waals surface area contributed by atoms with Gasteiger partial charge in [-0.25, -0.2) is 0 Å². The minimum Gasteiger partial charge on any atom is -0.488 e. The first kappa shape index (κ1) is 14.5. The topological polar surface area (TPSA) is 44.5 Å². The van der Waals surface area contributed by atoms with E-state index in [1.54, 1.807) is 12.1 Å². The Bertz CT molecular complexity index is 661. The van der Waals surface area contributed by atoms with Crippen LogP contribution in [0.2, 0.25) is 10.0 Å². The molecule has 0 amide bonds. The molecule has 3 rings (SSSR count). The number of nitrogens with two attached hydrogens (primary N) is 1. The summed E-state index contributed by atoms with van der Waals surface area (Å²) in [7, 11) is 0. The zero-order valence-electron chi connectivity index (χ0n) is 11.3. The summed E-state index contributed by atoms with van der Waals surface area (Å²) in [5.74, 6) is 0.524. The van der Waals surface area contributed by atoms with Crippen molar-refractivity contribution in [3.05, 3.63) is 57.6 Å².